The van der Waals surface area contributed by atoms with Crippen LogP contribution in [0.25, 0.3) is 0 Å². The van der Waals surface area contributed by atoms with Gasteiger partial charge in [0.15, 0.2) is 6.61 Å². The molecule has 26 heavy (non-hydrogen) atoms. The quantitative estimate of drug-likeness (QED) is 0.0936. The molecule has 0 unspecified atom stereocenters. The molecule has 0 aromatic rings. The monoisotopic (exact) mass is 402 g/mol. The van der Waals surface area contributed by atoms with E-state index < -0.39 is 51.3 Å². The summed E-state index contributed by atoms with van der Waals surface area (Å²) in [7, 11) is -4.51. The van der Waals surface area contributed by atoms with Crippen LogP contribution in [0.3, 0.4) is 0 Å². The molecule has 0 saturated heterocycles. The van der Waals surface area contributed by atoms with Gasteiger partial charge in [-0.25, -0.2) is 28.9 Å². The number of halogens is 3. The fraction of sp³-hybridized carbons (Fsp3) is 0.333. The second-order valence-electron chi connectivity index (χ2n) is 2.87. The molecule has 0 aromatic heterocycles. The van der Waals surface area contributed by atoms with Gasteiger partial charge in [0.05, 0.1) is 0 Å². The van der Waals surface area contributed by atoms with E-state index in [9.17, 15) is 13.2 Å². The predicted molar refractivity (Wildman–Crippen MR) is 66.2 cm³/mol. The highest BCUT2D eigenvalue weighted by molar-refractivity contribution is 6.32. The van der Waals surface area contributed by atoms with E-state index in [4.69, 9.17) is 64.7 Å². The number of carbonyl (C=O) groups is 4. The lowest BCUT2D eigenvalue weighted by molar-refractivity contribution is -0.298. The van der Waals surface area contributed by atoms with Gasteiger partial charge in [0.2, 0.25) is 0 Å². The molecule has 9 N–H and O–H groups in total. The van der Waals surface area contributed by atoms with Crippen molar-refractivity contribution in [1.82, 2.24) is 0 Å². The SMILES string of the molecule is O=C(O)C(=O)O.O=C(O)C(=O)O.OB(O)O.OB(O)OOCC(F)(F)F. The Bertz CT molecular complexity index is 373. The maximum absolute atomic E-state index is 11.1. The van der Waals surface area contributed by atoms with Crippen LogP contribution >= 0.6 is 0 Å². The number of alkyl halides is 3. The minimum Gasteiger partial charge on any atom is -0.473 e. The van der Waals surface area contributed by atoms with Crippen LogP contribution in [0.2, 0.25) is 0 Å². The van der Waals surface area contributed by atoms with E-state index in [0.717, 1.165) is 0 Å². The number of carboxylic acid groups (broad SMARTS) is 4. The first kappa shape index (κ1) is 31.3. The van der Waals surface area contributed by atoms with E-state index >= 15 is 0 Å². The average molecular weight is 402 g/mol. The lowest BCUT2D eigenvalue weighted by Gasteiger charge is -2.05. The van der Waals surface area contributed by atoms with Crippen molar-refractivity contribution in [2.24, 2.45) is 0 Å². The van der Waals surface area contributed by atoms with E-state index in [2.05, 4.69) is 9.69 Å². The van der Waals surface area contributed by atoms with Gasteiger partial charge in [-0.2, -0.15) is 13.2 Å². The molecule has 0 aliphatic heterocycles. The Kier molecular flexibility index (Phi) is 20.9. The van der Waals surface area contributed by atoms with Gasteiger partial charge in [0.25, 0.3) is 0 Å². The van der Waals surface area contributed by atoms with E-state index in [-0.39, 0.29) is 0 Å². The maximum atomic E-state index is 11.1. The van der Waals surface area contributed by atoms with Crippen molar-refractivity contribution in [2.45, 2.75) is 6.18 Å². The number of carboxylic acids is 4. The topological polar surface area (TPSA) is 269 Å². The molecular formula is C6H11B2F3O15. The zero-order valence-electron chi connectivity index (χ0n) is 12.0. The first-order valence-corrected chi connectivity index (χ1v) is 5.11. The van der Waals surface area contributed by atoms with Gasteiger partial charge in [-0.3, -0.25) is 0 Å². The highest BCUT2D eigenvalue weighted by atomic mass is 19.4. The van der Waals surface area contributed by atoms with Gasteiger partial charge in [0.1, 0.15) is 0 Å². The molecule has 152 valence electrons. The lowest BCUT2D eigenvalue weighted by Crippen LogP contribution is -2.23. The molecule has 0 radical (unpaired) electrons. The van der Waals surface area contributed by atoms with Crippen LogP contribution in [0.4, 0.5) is 13.2 Å². The summed E-state index contributed by atoms with van der Waals surface area (Å²) in [5.74, 6) is -7.30. The van der Waals surface area contributed by atoms with E-state index in [0.29, 0.717) is 0 Å². The Hall–Kier alpha value is -2.48. The van der Waals surface area contributed by atoms with Crippen LogP contribution < -0.4 is 0 Å². The van der Waals surface area contributed by atoms with Crippen LogP contribution in [-0.2, 0) is 28.9 Å². The predicted octanol–water partition coefficient (Wildman–Crippen LogP) is -4.27. The Balaban J connectivity index is -0.000000132. The van der Waals surface area contributed by atoms with Crippen LogP contribution in [-0.4, -0.2) is 96.8 Å². The molecule has 0 atom stereocenters. The molecule has 0 aromatic carbocycles. The Morgan fingerprint density at radius 1 is 0.731 bits per heavy atom. The average Bonchev–Trinajstić information content (AvgIpc) is 2.36. The third-order valence-corrected chi connectivity index (χ3v) is 0.743. The minimum atomic E-state index is -4.53. The summed E-state index contributed by atoms with van der Waals surface area (Å²) in [6.07, 6.45) is -4.53. The lowest BCUT2D eigenvalue weighted by atomic mass is 10.3. The van der Waals surface area contributed by atoms with Gasteiger partial charge in [0, 0.05) is 0 Å². The minimum absolute atomic E-state index is 1.68. The van der Waals surface area contributed by atoms with Crippen molar-refractivity contribution in [2.75, 3.05) is 6.61 Å². The van der Waals surface area contributed by atoms with E-state index in [1.807, 2.05) is 0 Å². The Morgan fingerprint density at radius 2 is 0.962 bits per heavy atom. The fourth-order valence-corrected chi connectivity index (χ4v) is 0.162. The zero-order chi connectivity index (χ0) is 22.1. The smallest absolute Gasteiger partial charge is 0.473 e. The van der Waals surface area contributed by atoms with Crippen molar-refractivity contribution in [1.29, 1.82) is 0 Å². The standard InChI is InChI=1S/C2H4BF3O4.2C2H2O4.BH3O3/c4-2(5,6)1-9-10-3(7)8;2*3-1(4)2(5)6;2-1(3)4/h7-8H,1H2;2*(H,3,4)(H,5,6);2-4H. The molecule has 0 saturated carbocycles. The second-order valence-corrected chi connectivity index (χ2v) is 2.87. The normalized spacial score (nSPS) is 8.92. The van der Waals surface area contributed by atoms with Gasteiger partial charge in [-0.05, 0) is 0 Å². The molecule has 0 fully saturated rings. The summed E-state index contributed by atoms with van der Waals surface area (Å²) in [6.45, 7) is -1.68. The largest absolute Gasteiger partial charge is 0.662 e. The summed E-state index contributed by atoms with van der Waals surface area (Å²) >= 11 is 0. The summed E-state index contributed by atoms with van der Waals surface area (Å²) in [5.41, 5.74) is 0. The Morgan fingerprint density at radius 3 is 1.08 bits per heavy atom. The molecule has 0 heterocycles. The molecule has 0 spiro atoms. The van der Waals surface area contributed by atoms with Crippen LogP contribution in [0.15, 0.2) is 0 Å². The van der Waals surface area contributed by atoms with E-state index in [1.165, 1.54) is 0 Å². The molecule has 0 aliphatic rings. The van der Waals surface area contributed by atoms with Crippen molar-refractivity contribution in [3.63, 3.8) is 0 Å². The molecular weight excluding hydrogens is 391 g/mol. The van der Waals surface area contributed by atoms with Gasteiger partial charge < -0.3 is 45.5 Å². The first-order chi connectivity index (χ1) is 11.4. The molecule has 15 nitrogen and oxygen atoms in total. The Labute approximate surface area is 140 Å². The maximum Gasteiger partial charge on any atom is 0.662 e. The molecule has 0 aliphatic carbocycles. The number of hydrogen-bond acceptors (Lipinski definition) is 11. The molecule has 20 heteroatoms. The first-order valence-electron chi connectivity index (χ1n) is 5.11. The van der Waals surface area contributed by atoms with Crippen LogP contribution in [0, 0.1) is 0 Å². The summed E-state index contributed by atoms with van der Waals surface area (Å²) < 4.78 is 33.4. The summed E-state index contributed by atoms with van der Waals surface area (Å²) in [4.78, 5) is 43.0. The van der Waals surface area contributed by atoms with Crippen molar-refractivity contribution in [3.05, 3.63) is 0 Å². The third kappa shape index (κ3) is 57.8. The van der Waals surface area contributed by atoms with Crippen molar-refractivity contribution >= 4 is 38.5 Å². The highest BCUT2D eigenvalue weighted by Gasteiger charge is 2.29. The van der Waals surface area contributed by atoms with Gasteiger partial charge >= 0.3 is 44.7 Å². The van der Waals surface area contributed by atoms with Crippen molar-refractivity contribution < 1.29 is 87.6 Å². The van der Waals surface area contributed by atoms with Crippen LogP contribution in [0.1, 0.15) is 0 Å². The number of hydrogen-bond donors (Lipinski definition) is 9. The van der Waals surface area contributed by atoms with Crippen molar-refractivity contribution in [3.8, 4) is 0 Å². The van der Waals surface area contributed by atoms with E-state index in [1.54, 1.807) is 0 Å². The number of aliphatic carboxylic acids is 4. The molecule has 0 bridgehead atoms. The molecule has 0 rings (SSSR count). The van der Waals surface area contributed by atoms with Gasteiger partial charge in [-0.15, -0.1) is 0 Å². The summed E-state index contributed by atoms with van der Waals surface area (Å²) in [6, 6.07) is 0. The number of rotatable bonds is 3. The second kappa shape index (κ2) is 17.3. The van der Waals surface area contributed by atoms with Gasteiger partial charge in [-0.1, -0.05) is 0 Å². The third-order valence-electron chi connectivity index (χ3n) is 0.743. The molecule has 0 amide bonds. The van der Waals surface area contributed by atoms with Crippen LogP contribution in [0.5, 0.6) is 0 Å². The highest BCUT2D eigenvalue weighted by Crippen LogP contribution is 2.14. The summed E-state index contributed by atoms with van der Waals surface area (Å²) in [5, 5.41) is 66.6. The fourth-order valence-electron chi connectivity index (χ4n) is 0.162. The zero-order valence-corrected chi connectivity index (χ0v) is 12.0.